The molecule has 0 bridgehead atoms. The zero-order chi connectivity index (χ0) is 19.8. The molecule has 2 heterocycles. The van der Waals surface area contributed by atoms with Gasteiger partial charge in [-0.1, -0.05) is 84.4 Å². The third-order valence-corrected chi connectivity index (χ3v) is 5.50. The molecule has 0 fully saturated rings. The third kappa shape index (κ3) is 3.00. The van der Waals surface area contributed by atoms with E-state index >= 15 is 0 Å². The minimum absolute atomic E-state index is 0.178. The Kier molecular flexibility index (Phi) is 4.38. The highest BCUT2D eigenvalue weighted by molar-refractivity contribution is 6.00. The van der Waals surface area contributed by atoms with Gasteiger partial charge in [0.2, 0.25) is 0 Å². The van der Waals surface area contributed by atoms with Crippen molar-refractivity contribution in [3.8, 4) is 11.3 Å². The summed E-state index contributed by atoms with van der Waals surface area (Å²) >= 11 is 0. The van der Waals surface area contributed by atoms with E-state index in [1.165, 1.54) is 16.3 Å². The third-order valence-electron chi connectivity index (χ3n) is 5.50. The highest BCUT2D eigenvalue weighted by atomic mass is 16.5. The van der Waals surface area contributed by atoms with E-state index in [-0.39, 0.29) is 6.10 Å². The van der Waals surface area contributed by atoms with Gasteiger partial charge in [0.15, 0.2) is 0 Å². The molecule has 0 radical (unpaired) electrons. The second-order valence-corrected chi connectivity index (χ2v) is 7.37. The molecule has 5 aromatic rings. The van der Waals surface area contributed by atoms with Crippen molar-refractivity contribution in [1.82, 2.24) is 9.61 Å². The maximum absolute atomic E-state index is 5.97. The Morgan fingerprint density at radius 1 is 0.862 bits per heavy atom. The second-order valence-electron chi connectivity index (χ2n) is 7.37. The monoisotopic (exact) mass is 378 g/mol. The molecule has 2 aromatic heterocycles. The highest BCUT2D eigenvalue weighted by Gasteiger charge is 2.21. The number of hydrogen-bond acceptors (Lipinski definition) is 2. The number of aromatic nitrogens is 2. The summed E-state index contributed by atoms with van der Waals surface area (Å²) in [6.07, 6.45) is 1.77. The maximum atomic E-state index is 5.97. The van der Waals surface area contributed by atoms with Gasteiger partial charge in [0.1, 0.15) is 6.10 Å². The van der Waals surface area contributed by atoms with E-state index in [0.29, 0.717) is 0 Å². The van der Waals surface area contributed by atoms with Crippen LogP contribution in [0.5, 0.6) is 0 Å². The molecule has 0 aliphatic carbocycles. The van der Waals surface area contributed by atoms with Gasteiger partial charge < -0.3 is 4.74 Å². The Morgan fingerprint density at radius 3 is 2.34 bits per heavy atom. The molecule has 0 aliphatic rings. The average molecular weight is 378 g/mol. The van der Waals surface area contributed by atoms with E-state index < -0.39 is 0 Å². The van der Waals surface area contributed by atoms with Crippen LogP contribution in [-0.2, 0) is 4.74 Å². The molecule has 0 aliphatic heterocycles. The summed E-state index contributed by atoms with van der Waals surface area (Å²) in [5, 5.41) is 7.16. The van der Waals surface area contributed by atoms with Gasteiger partial charge in [-0.05, 0) is 23.9 Å². The average Bonchev–Trinajstić information content (AvgIpc) is 3.21. The fourth-order valence-corrected chi connectivity index (χ4v) is 4.05. The van der Waals surface area contributed by atoms with Crippen LogP contribution in [0.2, 0.25) is 0 Å². The summed E-state index contributed by atoms with van der Waals surface area (Å²) in [6, 6.07) is 29.6. The Balaban J connectivity index is 1.81. The molecule has 0 saturated heterocycles. The van der Waals surface area contributed by atoms with Crippen molar-refractivity contribution in [2.45, 2.75) is 13.0 Å². The Bertz CT molecular complexity index is 1290. The van der Waals surface area contributed by atoms with Gasteiger partial charge in [-0.15, -0.1) is 0 Å². The van der Waals surface area contributed by atoms with Gasteiger partial charge in [-0.25, -0.2) is 4.52 Å². The predicted octanol–water partition coefficient (Wildman–Crippen LogP) is 6.20. The van der Waals surface area contributed by atoms with Crippen LogP contribution in [0.25, 0.3) is 27.5 Å². The first-order valence-electron chi connectivity index (χ1n) is 9.80. The smallest absolute Gasteiger partial charge is 0.111 e. The van der Waals surface area contributed by atoms with Crippen molar-refractivity contribution in [1.29, 1.82) is 0 Å². The van der Waals surface area contributed by atoms with Gasteiger partial charge in [-0.2, -0.15) is 5.10 Å². The van der Waals surface area contributed by atoms with Crippen LogP contribution in [0.15, 0.2) is 91.1 Å². The zero-order valence-corrected chi connectivity index (χ0v) is 16.5. The molecule has 0 spiro atoms. The van der Waals surface area contributed by atoms with Crippen LogP contribution in [0.3, 0.4) is 0 Å². The van der Waals surface area contributed by atoms with Crippen LogP contribution < -0.4 is 0 Å². The number of nitrogens with zero attached hydrogens (tertiary/aromatic N) is 2. The van der Waals surface area contributed by atoms with E-state index in [2.05, 4.69) is 85.8 Å². The Labute approximate surface area is 170 Å². The molecule has 5 rings (SSSR count). The highest BCUT2D eigenvalue weighted by Crippen LogP contribution is 2.35. The zero-order valence-electron chi connectivity index (χ0n) is 16.5. The molecule has 29 heavy (non-hydrogen) atoms. The summed E-state index contributed by atoms with van der Waals surface area (Å²) in [5.41, 5.74) is 6.74. The molecule has 3 aromatic carbocycles. The lowest BCUT2D eigenvalue weighted by Gasteiger charge is -2.17. The van der Waals surface area contributed by atoms with Crippen molar-refractivity contribution in [3.63, 3.8) is 0 Å². The maximum Gasteiger partial charge on any atom is 0.111 e. The molecule has 0 saturated carbocycles. The van der Waals surface area contributed by atoms with E-state index in [1.54, 1.807) is 7.11 Å². The van der Waals surface area contributed by atoms with Gasteiger partial charge >= 0.3 is 0 Å². The quantitative estimate of drug-likeness (QED) is 0.372. The molecular formula is C26H22N2O. The Hall–Kier alpha value is -3.43. The lowest BCUT2D eigenvalue weighted by atomic mass is 9.98. The minimum Gasteiger partial charge on any atom is -0.372 e. The number of rotatable bonds is 4. The number of hydrogen-bond donors (Lipinski definition) is 0. The van der Waals surface area contributed by atoms with Gasteiger partial charge in [0.05, 0.1) is 17.4 Å². The van der Waals surface area contributed by atoms with E-state index in [0.717, 1.165) is 27.9 Å². The largest absolute Gasteiger partial charge is 0.372 e. The van der Waals surface area contributed by atoms with Crippen molar-refractivity contribution >= 4 is 16.3 Å². The number of ether oxygens (including phenoxy) is 1. The second kappa shape index (κ2) is 7.19. The molecular weight excluding hydrogens is 356 g/mol. The number of methoxy groups -OCH3 is 1. The summed E-state index contributed by atoms with van der Waals surface area (Å²) < 4.78 is 8.02. The first-order valence-corrected chi connectivity index (χ1v) is 9.80. The van der Waals surface area contributed by atoms with Crippen LogP contribution in [0.4, 0.5) is 0 Å². The lowest BCUT2D eigenvalue weighted by Crippen LogP contribution is -2.04. The first kappa shape index (κ1) is 17.7. The van der Waals surface area contributed by atoms with E-state index in [1.807, 2.05) is 16.8 Å². The SMILES string of the molecule is COC(c1ccc(C)cc1)c1cnn2c(-c3ccccc3)cc3ccccc3c12. The van der Waals surface area contributed by atoms with Crippen LogP contribution >= 0.6 is 0 Å². The molecule has 3 nitrogen and oxygen atoms in total. The lowest BCUT2D eigenvalue weighted by molar-refractivity contribution is 0.137. The number of pyridine rings is 1. The van der Waals surface area contributed by atoms with Crippen LogP contribution in [0, 0.1) is 6.92 Å². The molecule has 142 valence electrons. The molecule has 1 unspecified atom stereocenters. The summed E-state index contributed by atoms with van der Waals surface area (Å²) in [6.45, 7) is 2.10. The van der Waals surface area contributed by atoms with Crippen molar-refractivity contribution < 1.29 is 4.74 Å². The van der Waals surface area contributed by atoms with Crippen molar-refractivity contribution in [2.24, 2.45) is 0 Å². The number of aryl methyl sites for hydroxylation is 1. The predicted molar refractivity (Wildman–Crippen MR) is 118 cm³/mol. The molecule has 1 atom stereocenters. The normalized spacial score (nSPS) is 12.5. The molecule has 0 amide bonds. The number of benzene rings is 3. The van der Waals surface area contributed by atoms with Crippen molar-refractivity contribution in [2.75, 3.05) is 7.11 Å². The van der Waals surface area contributed by atoms with Gasteiger partial charge in [-0.3, -0.25) is 0 Å². The summed E-state index contributed by atoms with van der Waals surface area (Å²) in [5.74, 6) is 0. The summed E-state index contributed by atoms with van der Waals surface area (Å²) in [7, 11) is 1.76. The topological polar surface area (TPSA) is 26.5 Å². The standard InChI is InChI=1S/C26H22N2O/c1-18-12-14-20(15-13-18)26(29-2)23-17-27-28-24(19-8-4-3-5-9-19)16-21-10-6-7-11-22(21)25(23)28/h3-17,26H,1-2H3. The number of fused-ring (bicyclic) bond motifs is 3. The first-order chi connectivity index (χ1) is 14.3. The van der Waals surface area contributed by atoms with Gasteiger partial charge in [0, 0.05) is 23.6 Å². The summed E-state index contributed by atoms with van der Waals surface area (Å²) in [4.78, 5) is 0. The van der Waals surface area contributed by atoms with Crippen LogP contribution in [0.1, 0.15) is 22.8 Å². The van der Waals surface area contributed by atoms with Crippen molar-refractivity contribution in [3.05, 3.63) is 108 Å². The fourth-order valence-electron chi connectivity index (χ4n) is 4.05. The van der Waals surface area contributed by atoms with Gasteiger partial charge in [0.25, 0.3) is 0 Å². The Morgan fingerprint density at radius 2 is 1.59 bits per heavy atom. The fraction of sp³-hybridized carbons (Fsp3) is 0.115. The molecule has 3 heteroatoms. The molecule has 0 N–H and O–H groups in total. The minimum atomic E-state index is -0.178. The van der Waals surface area contributed by atoms with E-state index in [4.69, 9.17) is 9.84 Å². The van der Waals surface area contributed by atoms with Crippen LogP contribution in [-0.4, -0.2) is 16.7 Å². The van der Waals surface area contributed by atoms with E-state index in [9.17, 15) is 0 Å².